The van der Waals surface area contributed by atoms with Crippen LogP contribution >= 0.6 is 0 Å². The predicted octanol–water partition coefficient (Wildman–Crippen LogP) is 7.29. The van der Waals surface area contributed by atoms with Crippen LogP contribution < -0.4 is 0 Å². The van der Waals surface area contributed by atoms with Gasteiger partial charge in [-0.05, 0) is 80.4 Å². The van der Waals surface area contributed by atoms with Crippen molar-refractivity contribution in [3.8, 4) is 11.8 Å². The van der Waals surface area contributed by atoms with E-state index in [0.29, 0.717) is 12.3 Å². The van der Waals surface area contributed by atoms with Crippen LogP contribution in [0.2, 0.25) is 0 Å². The van der Waals surface area contributed by atoms with E-state index in [4.69, 9.17) is 0 Å². The molecule has 0 radical (unpaired) electrons. The molecule has 2 aliphatic rings. The fourth-order valence-corrected chi connectivity index (χ4v) is 5.16. The molecule has 0 spiro atoms. The van der Waals surface area contributed by atoms with Gasteiger partial charge in [0.15, 0.2) is 0 Å². The molecule has 2 aliphatic carbocycles. The van der Waals surface area contributed by atoms with E-state index in [9.17, 15) is 8.78 Å². The van der Waals surface area contributed by atoms with Gasteiger partial charge in [-0.2, -0.15) is 0 Å². The van der Waals surface area contributed by atoms with Crippen molar-refractivity contribution in [3.05, 3.63) is 34.9 Å². The molecule has 0 nitrogen and oxygen atoms in total. The first kappa shape index (κ1) is 20.4. The van der Waals surface area contributed by atoms with E-state index in [1.807, 2.05) is 6.92 Å². The molecule has 1 aromatic carbocycles. The van der Waals surface area contributed by atoms with Gasteiger partial charge in [-0.25, -0.2) is 8.78 Å². The summed E-state index contributed by atoms with van der Waals surface area (Å²) < 4.78 is 28.4. The monoisotopic (exact) mass is 372 g/mol. The van der Waals surface area contributed by atoms with Crippen molar-refractivity contribution in [2.75, 3.05) is 0 Å². The van der Waals surface area contributed by atoms with Crippen LogP contribution in [0.4, 0.5) is 8.78 Å². The van der Waals surface area contributed by atoms with Crippen LogP contribution in [0.25, 0.3) is 0 Å². The molecule has 0 atom stereocenters. The summed E-state index contributed by atoms with van der Waals surface area (Å²) in [5.74, 6) is 8.00. The Labute approximate surface area is 164 Å². The Bertz CT molecular complexity index is 642. The first-order valence-electron chi connectivity index (χ1n) is 11.1. The molecule has 2 fully saturated rings. The summed E-state index contributed by atoms with van der Waals surface area (Å²) in [7, 11) is 0. The van der Waals surface area contributed by atoms with Crippen molar-refractivity contribution < 1.29 is 8.78 Å². The number of benzene rings is 1. The summed E-state index contributed by atoms with van der Waals surface area (Å²) in [4.78, 5) is 0. The summed E-state index contributed by atoms with van der Waals surface area (Å²) in [5.41, 5.74) is 0.672. The highest BCUT2D eigenvalue weighted by molar-refractivity contribution is 5.39. The highest BCUT2D eigenvalue weighted by Crippen LogP contribution is 2.41. The van der Waals surface area contributed by atoms with Crippen LogP contribution in [0.1, 0.15) is 89.2 Å². The lowest BCUT2D eigenvalue weighted by Gasteiger charge is -2.36. The topological polar surface area (TPSA) is 0 Å². The lowest BCUT2D eigenvalue weighted by molar-refractivity contribution is 0.156. The first-order valence-corrected chi connectivity index (χ1v) is 11.1. The Kier molecular flexibility index (Phi) is 7.33. The molecule has 2 heteroatoms. The molecule has 0 aliphatic heterocycles. The zero-order valence-electron chi connectivity index (χ0n) is 17.0. The maximum Gasteiger partial charge on any atom is 0.142 e. The Morgan fingerprint density at radius 3 is 1.93 bits per heavy atom. The fraction of sp³-hybridized carbons (Fsp3) is 0.680. The van der Waals surface area contributed by atoms with Crippen LogP contribution in [0.15, 0.2) is 12.1 Å². The number of halogens is 2. The Morgan fingerprint density at radius 1 is 0.852 bits per heavy atom. The lowest BCUT2D eigenvalue weighted by Crippen LogP contribution is -2.25. The summed E-state index contributed by atoms with van der Waals surface area (Å²) >= 11 is 0. The molecule has 1 aromatic rings. The van der Waals surface area contributed by atoms with E-state index in [1.165, 1.54) is 57.1 Å². The Hall–Kier alpha value is -1.36. The molecule has 0 saturated heterocycles. The van der Waals surface area contributed by atoms with Crippen LogP contribution in [0, 0.1) is 47.1 Å². The summed E-state index contributed by atoms with van der Waals surface area (Å²) in [5, 5.41) is 0. The molecule has 148 valence electrons. The lowest BCUT2D eigenvalue weighted by atomic mass is 9.69. The van der Waals surface area contributed by atoms with Crippen LogP contribution in [0.5, 0.6) is 0 Å². The SMILES string of the molecule is CCCc1cc(F)c(C#CC2CCC(C3CCC(CC)CC3)CC2)c(F)c1. The average Bonchev–Trinajstić information content (AvgIpc) is 2.68. The highest BCUT2D eigenvalue weighted by atomic mass is 19.1. The van der Waals surface area contributed by atoms with Gasteiger partial charge in [0.2, 0.25) is 0 Å². The van der Waals surface area contributed by atoms with Gasteiger partial charge in [0.25, 0.3) is 0 Å². The third-order valence-corrected chi connectivity index (χ3v) is 6.95. The minimum absolute atomic E-state index is 0.0464. The van der Waals surface area contributed by atoms with Gasteiger partial charge in [0, 0.05) is 5.92 Å². The van der Waals surface area contributed by atoms with Gasteiger partial charge in [-0.15, -0.1) is 0 Å². The van der Waals surface area contributed by atoms with Crippen molar-refractivity contribution in [1.82, 2.24) is 0 Å². The number of hydrogen-bond acceptors (Lipinski definition) is 0. The second-order valence-corrected chi connectivity index (χ2v) is 8.75. The third kappa shape index (κ3) is 5.34. The zero-order chi connectivity index (χ0) is 19.2. The maximum atomic E-state index is 14.2. The highest BCUT2D eigenvalue weighted by Gasteiger charge is 2.30. The van der Waals surface area contributed by atoms with Gasteiger partial charge in [-0.1, -0.05) is 51.4 Å². The van der Waals surface area contributed by atoms with Crippen LogP contribution in [-0.4, -0.2) is 0 Å². The standard InChI is InChI=1S/C25H34F2/c1-3-5-20-16-24(26)23(25(27)17-20)15-10-19-8-13-22(14-9-19)21-11-6-18(4-2)7-12-21/h16-19,21-22H,3-9,11-14H2,1-2H3. The van der Waals surface area contributed by atoms with E-state index < -0.39 is 11.6 Å². The summed E-state index contributed by atoms with van der Waals surface area (Å²) in [6.45, 7) is 4.33. The summed E-state index contributed by atoms with van der Waals surface area (Å²) in [6, 6.07) is 2.89. The fourth-order valence-electron chi connectivity index (χ4n) is 5.16. The van der Waals surface area contributed by atoms with E-state index in [1.54, 1.807) is 0 Å². The third-order valence-electron chi connectivity index (χ3n) is 6.95. The van der Waals surface area contributed by atoms with Crippen molar-refractivity contribution in [3.63, 3.8) is 0 Å². The molecule has 0 amide bonds. The Balaban J connectivity index is 1.54. The van der Waals surface area contributed by atoms with E-state index in [2.05, 4.69) is 18.8 Å². The average molecular weight is 373 g/mol. The van der Waals surface area contributed by atoms with Gasteiger partial charge >= 0.3 is 0 Å². The summed E-state index contributed by atoms with van der Waals surface area (Å²) in [6.07, 6.45) is 13.2. The molecular weight excluding hydrogens is 338 g/mol. The first-order chi connectivity index (χ1) is 13.1. The largest absolute Gasteiger partial charge is 0.206 e. The van der Waals surface area contributed by atoms with Crippen LogP contribution in [-0.2, 0) is 6.42 Å². The maximum absolute atomic E-state index is 14.2. The van der Waals surface area contributed by atoms with Crippen molar-refractivity contribution in [2.45, 2.75) is 84.5 Å². The smallest absolute Gasteiger partial charge is 0.142 e. The van der Waals surface area contributed by atoms with Crippen LogP contribution in [0.3, 0.4) is 0 Å². The molecule has 0 N–H and O–H groups in total. The van der Waals surface area contributed by atoms with Gasteiger partial charge < -0.3 is 0 Å². The number of aryl methyl sites for hydroxylation is 1. The number of hydrogen-bond donors (Lipinski definition) is 0. The van der Waals surface area contributed by atoms with E-state index >= 15 is 0 Å². The van der Waals surface area contributed by atoms with Gasteiger partial charge in [-0.3, -0.25) is 0 Å². The number of rotatable bonds is 4. The second kappa shape index (κ2) is 9.72. The minimum Gasteiger partial charge on any atom is -0.206 e. The predicted molar refractivity (Wildman–Crippen MR) is 108 cm³/mol. The molecular formula is C25H34F2. The molecule has 2 saturated carbocycles. The normalized spacial score (nSPS) is 28.4. The molecule has 0 heterocycles. The van der Waals surface area contributed by atoms with Crippen molar-refractivity contribution in [2.24, 2.45) is 23.7 Å². The molecule has 3 rings (SSSR count). The quantitative estimate of drug-likeness (QED) is 0.487. The molecule has 27 heavy (non-hydrogen) atoms. The zero-order valence-corrected chi connectivity index (χ0v) is 17.0. The molecule has 0 aromatic heterocycles. The van der Waals surface area contributed by atoms with Crippen molar-refractivity contribution in [1.29, 1.82) is 0 Å². The molecule has 0 unspecified atom stereocenters. The van der Waals surface area contributed by atoms with Gasteiger partial charge in [0.05, 0.1) is 5.56 Å². The minimum atomic E-state index is -0.507. The van der Waals surface area contributed by atoms with E-state index in [-0.39, 0.29) is 5.56 Å². The van der Waals surface area contributed by atoms with E-state index in [0.717, 1.165) is 42.6 Å². The van der Waals surface area contributed by atoms with Gasteiger partial charge in [0.1, 0.15) is 11.6 Å². The second-order valence-electron chi connectivity index (χ2n) is 8.75. The Morgan fingerprint density at radius 2 is 1.41 bits per heavy atom. The van der Waals surface area contributed by atoms with Crippen molar-refractivity contribution >= 4 is 0 Å². The molecule has 0 bridgehead atoms.